The smallest absolute Gasteiger partial charge is 0.331 e. The van der Waals surface area contributed by atoms with E-state index in [-0.39, 0.29) is 35.5 Å². The second-order valence-electron chi connectivity index (χ2n) is 7.90. The lowest BCUT2D eigenvalue weighted by molar-refractivity contribution is -0.151. The van der Waals surface area contributed by atoms with Crippen LogP contribution >= 0.6 is 15.9 Å². The number of hydrogen-bond donors (Lipinski definition) is 1. The first-order chi connectivity index (χ1) is 14.8. The summed E-state index contributed by atoms with van der Waals surface area (Å²) < 4.78 is 33.7. The molecule has 2 heterocycles. The Hall–Kier alpha value is -2.39. The van der Waals surface area contributed by atoms with Crippen LogP contribution in [0.4, 0.5) is 4.79 Å². The van der Waals surface area contributed by atoms with E-state index in [9.17, 15) is 18.0 Å². The first kappa shape index (κ1) is 21.8. The van der Waals surface area contributed by atoms with Crippen molar-refractivity contribution in [1.29, 1.82) is 0 Å². The first-order valence-corrected chi connectivity index (χ1v) is 12.4. The molecule has 2 amide bonds. The molecule has 31 heavy (non-hydrogen) atoms. The van der Waals surface area contributed by atoms with Crippen molar-refractivity contribution < 1.29 is 22.7 Å². The van der Waals surface area contributed by atoms with Crippen LogP contribution in [0.1, 0.15) is 31.2 Å². The van der Waals surface area contributed by atoms with Crippen LogP contribution in [0.2, 0.25) is 0 Å². The minimum Gasteiger partial charge on any atom is -0.462 e. The third-order valence-electron chi connectivity index (χ3n) is 5.76. The standard InChI is InChI=1S/C22H23BrN2O5S/c23-16-6-10-20(11-7-16)31(28,29)24-22(27)25-17-8-9-18(25)14-19(13-17)30-21(26)12-15-4-2-1-3-5-15/h1-7,10-11,17-19H,8-9,12-14H2,(H,24,27)/t17-,18+,19?. The van der Waals surface area contributed by atoms with Crippen LogP contribution in [0.5, 0.6) is 0 Å². The Kier molecular flexibility index (Phi) is 6.34. The molecule has 0 radical (unpaired) electrons. The van der Waals surface area contributed by atoms with E-state index in [0.29, 0.717) is 12.8 Å². The van der Waals surface area contributed by atoms with E-state index in [1.807, 2.05) is 30.3 Å². The lowest BCUT2D eigenvalue weighted by Crippen LogP contribution is -2.53. The van der Waals surface area contributed by atoms with Crippen molar-refractivity contribution in [3.63, 3.8) is 0 Å². The van der Waals surface area contributed by atoms with Gasteiger partial charge in [-0.3, -0.25) is 4.79 Å². The Morgan fingerprint density at radius 3 is 2.23 bits per heavy atom. The molecule has 2 fully saturated rings. The van der Waals surface area contributed by atoms with Crippen LogP contribution in [0.15, 0.2) is 64.0 Å². The molecule has 7 nitrogen and oxygen atoms in total. The maximum Gasteiger partial charge on any atom is 0.331 e. The van der Waals surface area contributed by atoms with Gasteiger partial charge in [-0.15, -0.1) is 0 Å². The number of nitrogens with zero attached hydrogens (tertiary/aromatic N) is 1. The van der Waals surface area contributed by atoms with Gasteiger partial charge in [0.05, 0.1) is 11.3 Å². The van der Waals surface area contributed by atoms with E-state index in [1.165, 1.54) is 12.1 Å². The molecular weight excluding hydrogens is 484 g/mol. The Bertz CT molecular complexity index is 1050. The lowest BCUT2D eigenvalue weighted by Gasteiger charge is -2.38. The quantitative estimate of drug-likeness (QED) is 0.625. The maximum atomic E-state index is 12.8. The monoisotopic (exact) mass is 506 g/mol. The third-order valence-corrected chi connectivity index (χ3v) is 7.62. The molecule has 0 aliphatic carbocycles. The van der Waals surface area contributed by atoms with Gasteiger partial charge < -0.3 is 9.64 Å². The van der Waals surface area contributed by atoms with Crippen LogP contribution in [0.25, 0.3) is 0 Å². The van der Waals surface area contributed by atoms with Crippen LogP contribution in [-0.4, -0.2) is 43.5 Å². The highest BCUT2D eigenvalue weighted by molar-refractivity contribution is 9.10. The Labute approximate surface area is 190 Å². The van der Waals surface area contributed by atoms with E-state index < -0.39 is 16.1 Å². The van der Waals surface area contributed by atoms with E-state index in [1.54, 1.807) is 17.0 Å². The zero-order valence-electron chi connectivity index (χ0n) is 16.7. The van der Waals surface area contributed by atoms with Crippen molar-refractivity contribution in [2.45, 2.75) is 55.2 Å². The molecule has 164 valence electrons. The normalized spacial score (nSPS) is 22.7. The summed E-state index contributed by atoms with van der Waals surface area (Å²) in [5.74, 6) is -0.286. The van der Waals surface area contributed by atoms with Crippen molar-refractivity contribution in [2.75, 3.05) is 0 Å². The number of rotatable bonds is 5. The second-order valence-corrected chi connectivity index (χ2v) is 10.5. The summed E-state index contributed by atoms with van der Waals surface area (Å²) in [6, 6.07) is 14.6. The number of carbonyl (C=O) groups excluding carboxylic acids is 2. The molecule has 0 spiro atoms. The van der Waals surface area contributed by atoms with Crippen molar-refractivity contribution in [1.82, 2.24) is 9.62 Å². The largest absolute Gasteiger partial charge is 0.462 e. The molecule has 2 aromatic carbocycles. The molecule has 2 aromatic rings. The number of amides is 2. The summed E-state index contributed by atoms with van der Waals surface area (Å²) >= 11 is 3.26. The zero-order chi connectivity index (χ0) is 22.0. The molecule has 2 aliphatic rings. The van der Waals surface area contributed by atoms with Gasteiger partial charge in [0.25, 0.3) is 10.0 Å². The van der Waals surface area contributed by atoms with Gasteiger partial charge in [-0.2, -0.15) is 0 Å². The summed E-state index contributed by atoms with van der Waals surface area (Å²) in [7, 11) is -3.96. The number of halogens is 1. The van der Waals surface area contributed by atoms with E-state index in [0.717, 1.165) is 22.9 Å². The van der Waals surface area contributed by atoms with Gasteiger partial charge in [-0.25, -0.2) is 17.9 Å². The fraction of sp³-hybridized carbons (Fsp3) is 0.364. The molecule has 2 aliphatic heterocycles. The lowest BCUT2D eigenvalue weighted by atomic mass is 10.00. The number of esters is 1. The molecule has 1 N–H and O–H groups in total. The SMILES string of the molecule is O=C(Cc1ccccc1)OC1C[C@H]2CC[C@@H](C1)N2C(=O)NS(=O)(=O)c1ccc(Br)cc1. The molecular formula is C22H23BrN2O5S. The molecule has 0 saturated carbocycles. The number of nitrogens with one attached hydrogen (secondary N) is 1. The van der Waals surface area contributed by atoms with E-state index >= 15 is 0 Å². The molecule has 4 rings (SSSR count). The van der Waals surface area contributed by atoms with Crippen LogP contribution in [0.3, 0.4) is 0 Å². The number of hydrogen-bond acceptors (Lipinski definition) is 5. The van der Waals surface area contributed by atoms with Crippen molar-refractivity contribution >= 4 is 38.0 Å². The van der Waals surface area contributed by atoms with Crippen LogP contribution in [-0.2, 0) is 26.0 Å². The van der Waals surface area contributed by atoms with Crippen LogP contribution < -0.4 is 4.72 Å². The highest BCUT2D eigenvalue weighted by Crippen LogP contribution is 2.37. The topological polar surface area (TPSA) is 92.8 Å². The van der Waals surface area contributed by atoms with Gasteiger partial charge in [-0.05, 0) is 42.7 Å². The zero-order valence-corrected chi connectivity index (χ0v) is 19.1. The maximum absolute atomic E-state index is 12.8. The minimum absolute atomic E-state index is 0.0288. The fourth-order valence-corrected chi connectivity index (χ4v) is 5.60. The summed E-state index contributed by atoms with van der Waals surface area (Å²) in [5, 5.41) is 0. The van der Waals surface area contributed by atoms with E-state index in [2.05, 4.69) is 20.7 Å². The van der Waals surface area contributed by atoms with E-state index in [4.69, 9.17) is 4.74 Å². The summed E-state index contributed by atoms with van der Waals surface area (Å²) in [5.41, 5.74) is 0.894. The predicted molar refractivity (Wildman–Crippen MR) is 118 cm³/mol. The molecule has 0 aromatic heterocycles. The van der Waals surface area contributed by atoms with Gasteiger partial charge in [0, 0.05) is 29.4 Å². The fourth-order valence-electron chi connectivity index (χ4n) is 4.39. The average molecular weight is 507 g/mol. The number of fused-ring (bicyclic) bond motifs is 2. The number of urea groups is 1. The number of carbonyl (C=O) groups is 2. The predicted octanol–water partition coefficient (Wildman–Crippen LogP) is 3.63. The molecule has 2 bridgehead atoms. The molecule has 2 saturated heterocycles. The Balaban J connectivity index is 1.36. The number of ether oxygens (including phenoxy) is 1. The van der Waals surface area contributed by atoms with Gasteiger partial charge in [0.2, 0.25) is 0 Å². The first-order valence-electron chi connectivity index (χ1n) is 10.2. The van der Waals surface area contributed by atoms with Crippen molar-refractivity contribution in [2.24, 2.45) is 0 Å². The minimum atomic E-state index is -3.96. The van der Waals surface area contributed by atoms with Crippen molar-refractivity contribution in [3.05, 3.63) is 64.6 Å². The molecule has 9 heteroatoms. The average Bonchev–Trinajstić information content (AvgIpc) is 3.00. The van der Waals surface area contributed by atoms with Crippen LogP contribution in [0, 0.1) is 0 Å². The number of piperidine rings is 1. The number of benzene rings is 2. The molecule has 3 atom stereocenters. The summed E-state index contributed by atoms with van der Waals surface area (Å²) in [6.45, 7) is 0. The summed E-state index contributed by atoms with van der Waals surface area (Å²) in [6.07, 6.45) is 2.51. The Morgan fingerprint density at radius 2 is 1.61 bits per heavy atom. The van der Waals surface area contributed by atoms with Crippen molar-refractivity contribution in [3.8, 4) is 0 Å². The van der Waals surface area contributed by atoms with Gasteiger partial charge in [0.15, 0.2) is 0 Å². The Morgan fingerprint density at radius 1 is 1.00 bits per heavy atom. The molecule has 1 unspecified atom stereocenters. The highest BCUT2D eigenvalue weighted by Gasteiger charge is 2.45. The van der Waals surface area contributed by atoms with Gasteiger partial charge in [-0.1, -0.05) is 46.3 Å². The van der Waals surface area contributed by atoms with Gasteiger partial charge >= 0.3 is 12.0 Å². The van der Waals surface area contributed by atoms with Gasteiger partial charge in [0.1, 0.15) is 6.10 Å². The summed E-state index contributed by atoms with van der Waals surface area (Å²) in [4.78, 5) is 26.7. The third kappa shape index (κ3) is 5.10. The highest BCUT2D eigenvalue weighted by atomic mass is 79.9. The second kappa shape index (κ2) is 9.00. The number of sulfonamides is 1.